The van der Waals surface area contributed by atoms with Crippen LogP contribution in [0.2, 0.25) is 0 Å². The van der Waals surface area contributed by atoms with E-state index in [-0.39, 0.29) is 12.5 Å². The van der Waals surface area contributed by atoms with Gasteiger partial charge in [0.1, 0.15) is 0 Å². The molecule has 0 spiro atoms. The second kappa shape index (κ2) is 8.53. The molecular weight excluding hydrogens is 390 g/mol. The molecule has 31 heavy (non-hydrogen) atoms. The molecule has 0 unspecified atom stereocenters. The molecule has 4 rings (SSSR count). The summed E-state index contributed by atoms with van der Waals surface area (Å²) < 4.78 is 7.44. The van der Waals surface area contributed by atoms with Gasteiger partial charge in [-0.15, -0.1) is 0 Å². The number of esters is 1. The van der Waals surface area contributed by atoms with Crippen LogP contribution in [0, 0.1) is 18.8 Å². The summed E-state index contributed by atoms with van der Waals surface area (Å²) in [5.74, 6) is -0.676. The Kier molecular flexibility index (Phi) is 5.81. The van der Waals surface area contributed by atoms with Crippen LogP contribution in [0.3, 0.4) is 0 Å². The molecule has 1 aromatic heterocycles. The average Bonchev–Trinajstić information content (AvgIpc) is 3.11. The van der Waals surface area contributed by atoms with Crippen molar-refractivity contribution in [2.24, 2.45) is 11.8 Å². The lowest BCUT2D eigenvalue weighted by atomic mass is 9.88. The highest BCUT2D eigenvalue weighted by molar-refractivity contribution is 6.08. The normalized spacial score (nSPS) is 18.5. The number of nitrogens with zero attached hydrogens (tertiary/aromatic N) is 3. The summed E-state index contributed by atoms with van der Waals surface area (Å²) in [7, 11) is 0. The number of aryl methyl sites for hydroxylation is 1. The molecule has 0 fully saturated rings. The minimum absolute atomic E-state index is 0.229. The number of imidazole rings is 1. The van der Waals surface area contributed by atoms with Crippen molar-refractivity contribution in [2.75, 3.05) is 18.1 Å². The van der Waals surface area contributed by atoms with Gasteiger partial charge >= 0.3 is 5.97 Å². The standard InChI is InChI=1S/C25H29N3O3/c1-5-31-24(30)21-22(18-10-8-9-17(4)15-18)28-20-12-7-6-11-19(20)26-25(28)27(23(21)29)14-13-16(2)3/h6-12,15-16,21-22H,5,13-14H2,1-4H3/t21-,22+/m0/s1. The summed E-state index contributed by atoms with van der Waals surface area (Å²) in [4.78, 5) is 33.4. The molecule has 1 aliphatic rings. The van der Waals surface area contributed by atoms with Gasteiger partial charge in [0.25, 0.3) is 0 Å². The van der Waals surface area contributed by atoms with Crippen molar-refractivity contribution in [3.05, 3.63) is 59.7 Å². The molecule has 3 aromatic rings. The van der Waals surface area contributed by atoms with Crippen molar-refractivity contribution in [1.29, 1.82) is 0 Å². The van der Waals surface area contributed by atoms with Gasteiger partial charge in [0.05, 0.1) is 23.7 Å². The van der Waals surface area contributed by atoms with Crippen LogP contribution in [-0.4, -0.2) is 34.6 Å². The monoisotopic (exact) mass is 419 g/mol. The van der Waals surface area contributed by atoms with E-state index in [1.165, 1.54) is 0 Å². The van der Waals surface area contributed by atoms with Crippen LogP contribution < -0.4 is 4.90 Å². The van der Waals surface area contributed by atoms with E-state index in [1.54, 1.807) is 11.8 Å². The summed E-state index contributed by atoms with van der Waals surface area (Å²) in [6.45, 7) is 8.76. The number of aromatic nitrogens is 2. The van der Waals surface area contributed by atoms with Crippen molar-refractivity contribution in [1.82, 2.24) is 9.55 Å². The maximum Gasteiger partial charge on any atom is 0.321 e. The quantitative estimate of drug-likeness (QED) is 0.436. The fourth-order valence-electron chi connectivity index (χ4n) is 4.30. The molecule has 6 nitrogen and oxygen atoms in total. The number of fused-ring (bicyclic) bond motifs is 3. The van der Waals surface area contributed by atoms with E-state index in [0.717, 1.165) is 28.6 Å². The first-order valence-electron chi connectivity index (χ1n) is 10.9. The topological polar surface area (TPSA) is 64.4 Å². The average molecular weight is 420 g/mol. The van der Waals surface area contributed by atoms with Gasteiger partial charge in [-0.3, -0.25) is 14.5 Å². The number of para-hydroxylation sites is 2. The number of amides is 1. The van der Waals surface area contributed by atoms with Gasteiger partial charge in [-0.05, 0) is 43.9 Å². The SMILES string of the molecule is CCOC(=O)[C@@H]1C(=O)N(CCC(C)C)c2nc3ccccc3n2[C@@H]1c1cccc(C)c1. The van der Waals surface area contributed by atoms with Gasteiger partial charge in [-0.2, -0.15) is 0 Å². The highest BCUT2D eigenvalue weighted by Crippen LogP contribution is 2.41. The van der Waals surface area contributed by atoms with Crippen LogP contribution in [0.5, 0.6) is 0 Å². The molecule has 2 aromatic carbocycles. The Balaban J connectivity index is 1.97. The lowest BCUT2D eigenvalue weighted by Gasteiger charge is -2.38. The third-order valence-electron chi connectivity index (χ3n) is 5.80. The van der Waals surface area contributed by atoms with E-state index in [1.807, 2.05) is 60.0 Å². The Hall–Kier alpha value is -3.15. The second-order valence-electron chi connectivity index (χ2n) is 8.53. The third kappa shape index (κ3) is 3.82. The molecule has 0 bridgehead atoms. The highest BCUT2D eigenvalue weighted by atomic mass is 16.5. The van der Waals surface area contributed by atoms with E-state index >= 15 is 0 Å². The molecule has 6 heteroatoms. The van der Waals surface area contributed by atoms with Gasteiger partial charge in [-0.1, -0.05) is 55.8 Å². The van der Waals surface area contributed by atoms with Gasteiger partial charge in [0, 0.05) is 6.54 Å². The third-order valence-corrected chi connectivity index (χ3v) is 5.80. The van der Waals surface area contributed by atoms with Crippen molar-refractivity contribution < 1.29 is 14.3 Å². The molecule has 162 valence electrons. The Morgan fingerprint density at radius 3 is 2.65 bits per heavy atom. The van der Waals surface area contributed by atoms with Crippen LogP contribution in [0.1, 0.15) is 44.4 Å². The van der Waals surface area contributed by atoms with Gasteiger partial charge in [-0.25, -0.2) is 4.98 Å². The van der Waals surface area contributed by atoms with Crippen molar-refractivity contribution in [3.63, 3.8) is 0 Å². The maximum atomic E-state index is 13.7. The van der Waals surface area contributed by atoms with Crippen LogP contribution in [0.15, 0.2) is 48.5 Å². The fourth-order valence-corrected chi connectivity index (χ4v) is 4.30. The minimum Gasteiger partial charge on any atom is -0.465 e. The molecule has 0 saturated carbocycles. The largest absolute Gasteiger partial charge is 0.465 e. The summed E-state index contributed by atoms with van der Waals surface area (Å²) in [5.41, 5.74) is 3.68. The van der Waals surface area contributed by atoms with Crippen LogP contribution in [0.25, 0.3) is 11.0 Å². The number of hydrogen-bond donors (Lipinski definition) is 0. The number of ether oxygens (including phenoxy) is 1. The van der Waals surface area contributed by atoms with Crippen LogP contribution in [-0.2, 0) is 14.3 Å². The highest BCUT2D eigenvalue weighted by Gasteiger charge is 2.47. The zero-order valence-electron chi connectivity index (χ0n) is 18.5. The van der Waals surface area contributed by atoms with E-state index in [4.69, 9.17) is 9.72 Å². The predicted octanol–water partition coefficient (Wildman–Crippen LogP) is 4.51. The molecule has 0 N–H and O–H groups in total. The zero-order valence-corrected chi connectivity index (χ0v) is 18.5. The number of benzene rings is 2. The molecule has 0 saturated heterocycles. The van der Waals surface area contributed by atoms with Gasteiger partial charge in [0.2, 0.25) is 11.9 Å². The lowest BCUT2D eigenvalue weighted by molar-refractivity contribution is -0.153. The summed E-state index contributed by atoms with van der Waals surface area (Å²) in [5, 5.41) is 0. The lowest BCUT2D eigenvalue weighted by Crippen LogP contribution is -2.50. The van der Waals surface area contributed by atoms with E-state index in [0.29, 0.717) is 18.4 Å². The molecule has 1 amide bonds. The Morgan fingerprint density at radius 1 is 1.16 bits per heavy atom. The number of carbonyl (C=O) groups excluding carboxylic acids is 2. The second-order valence-corrected chi connectivity index (χ2v) is 8.53. The predicted molar refractivity (Wildman–Crippen MR) is 121 cm³/mol. The first-order valence-corrected chi connectivity index (χ1v) is 10.9. The maximum absolute atomic E-state index is 13.7. The molecule has 2 atom stereocenters. The first kappa shape index (κ1) is 21.1. The molecule has 0 radical (unpaired) electrons. The number of rotatable bonds is 6. The van der Waals surface area contributed by atoms with Crippen molar-refractivity contribution in [2.45, 2.75) is 40.2 Å². The Bertz CT molecular complexity index is 1120. The first-order chi connectivity index (χ1) is 14.9. The van der Waals surface area contributed by atoms with Gasteiger partial charge < -0.3 is 9.30 Å². The Labute approximate surface area is 182 Å². The fraction of sp³-hybridized carbons (Fsp3) is 0.400. The summed E-state index contributed by atoms with van der Waals surface area (Å²) in [6.07, 6.45) is 0.819. The smallest absolute Gasteiger partial charge is 0.321 e. The number of carbonyl (C=O) groups is 2. The zero-order chi connectivity index (χ0) is 22.1. The summed E-state index contributed by atoms with van der Waals surface area (Å²) in [6, 6.07) is 15.3. The van der Waals surface area contributed by atoms with E-state index in [2.05, 4.69) is 13.8 Å². The molecule has 0 aliphatic carbocycles. The summed E-state index contributed by atoms with van der Waals surface area (Å²) >= 11 is 0. The molecular formula is C25H29N3O3. The molecule has 1 aliphatic heterocycles. The number of hydrogen-bond acceptors (Lipinski definition) is 4. The number of anilines is 1. The van der Waals surface area contributed by atoms with E-state index < -0.39 is 17.9 Å². The Morgan fingerprint density at radius 2 is 1.94 bits per heavy atom. The van der Waals surface area contributed by atoms with Gasteiger partial charge in [0.15, 0.2) is 5.92 Å². The van der Waals surface area contributed by atoms with Crippen molar-refractivity contribution >= 4 is 28.9 Å². The van der Waals surface area contributed by atoms with Crippen LogP contribution in [0.4, 0.5) is 5.95 Å². The minimum atomic E-state index is -0.959. The van der Waals surface area contributed by atoms with E-state index in [9.17, 15) is 9.59 Å². The molecule has 2 heterocycles. The van der Waals surface area contributed by atoms with Crippen LogP contribution >= 0.6 is 0 Å². The van der Waals surface area contributed by atoms with Crippen molar-refractivity contribution in [3.8, 4) is 0 Å².